The van der Waals surface area contributed by atoms with Gasteiger partial charge in [0.2, 0.25) is 0 Å². The van der Waals surface area contributed by atoms with Crippen LogP contribution in [0.25, 0.3) is 5.76 Å². The molecular weight excluding hydrogens is 442 g/mol. The Morgan fingerprint density at radius 2 is 1.71 bits per heavy atom. The number of likely N-dealkylation sites (tertiary alicyclic amines) is 1. The van der Waals surface area contributed by atoms with Crippen molar-refractivity contribution in [1.29, 1.82) is 0 Å². The number of anilines is 1. The molecule has 0 saturated carbocycles. The highest BCUT2D eigenvalue weighted by atomic mass is 16.5. The number of ketones is 1. The number of amides is 1. The van der Waals surface area contributed by atoms with E-state index in [1.807, 2.05) is 30.3 Å². The average Bonchev–Trinajstić information content (AvgIpc) is 3.15. The number of Topliss-reactive ketones (excluding diaryl/α,β-unsaturated/α-hetero) is 1. The molecule has 3 aromatic rings. The number of aliphatic hydroxyl groups excluding tert-OH is 1. The fourth-order valence-electron chi connectivity index (χ4n) is 4.44. The predicted octanol–water partition coefficient (Wildman–Crippen LogP) is 4.56. The van der Waals surface area contributed by atoms with E-state index in [1.54, 1.807) is 49.8 Å². The van der Waals surface area contributed by atoms with Gasteiger partial charge in [0.1, 0.15) is 11.5 Å². The van der Waals surface area contributed by atoms with Gasteiger partial charge in [-0.05, 0) is 67.4 Å². The summed E-state index contributed by atoms with van der Waals surface area (Å²) in [5, 5.41) is 11.2. The third-order valence-corrected chi connectivity index (χ3v) is 6.32. The smallest absolute Gasteiger partial charge is 0.295 e. The zero-order valence-corrected chi connectivity index (χ0v) is 20.1. The molecule has 1 amide bonds. The Kier molecular flexibility index (Phi) is 7.15. The van der Waals surface area contributed by atoms with Gasteiger partial charge < -0.3 is 19.6 Å². The lowest BCUT2D eigenvalue weighted by molar-refractivity contribution is -0.140. The molecule has 0 bridgehead atoms. The first-order valence-electron chi connectivity index (χ1n) is 11.6. The number of hydrogen-bond donors (Lipinski definition) is 1. The summed E-state index contributed by atoms with van der Waals surface area (Å²) in [5.41, 5.74) is 3.11. The molecule has 7 nitrogen and oxygen atoms in total. The topological polar surface area (TPSA) is 83.0 Å². The van der Waals surface area contributed by atoms with Gasteiger partial charge in [0.15, 0.2) is 0 Å². The minimum absolute atomic E-state index is 0.0691. The van der Waals surface area contributed by atoms with Crippen LogP contribution in [0.15, 0.2) is 78.6 Å². The molecule has 1 aliphatic heterocycles. The van der Waals surface area contributed by atoms with Crippen LogP contribution < -0.4 is 9.64 Å². The van der Waals surface area contributed by atoms with E-state index in [1.165, 1.54) is 4.90 Å². The molecule has 35 heavy (non-hydrogen) atoms. The molecule has 1 saturated heterocycles. The van der Waals surface area contributed by atoms with Crippen LogP contribution in [0.2, 0.25) is 0 Å². The van der Waals surface area contributed by atoms with Gasteiger partial charge in [0, 0.05) is 43.3 Å². The standard InChI is InChI=1S/C28H29N3O4/c1-4-30(5-2)22-12-8-20(9-13-22)25-24(26(32)21-10-14-23(35-3)15-11-21)27(33)28(34)31(25)18-19-7-6-16-29-17-19/h6-17,25,32H,4-5,18H2,1-3H3/b26-24-. The number of benzene rings is 2. The van der Waals surface area contributed by atoms with Gasteiger partial charge >= 0.3 is 0 Å². The number of pyridine rings is 1. The van der Waals surface area contributed by atoms with Crippen molar-refractivity contribution in [3.8, 4) is 5.75 Å². The normalized spacial score (nSPS) is 17.0. The minimum atomic E-state index is -0.733. The molecule has 0 aliphatic carbocycles. The number of ether oxygens (including phenoxy) is 1. The van der Waals surface area contributed by atoms with Crippen LogP contribution in [0.1, 0.15) is 36.6 Å². The minimum Gasteiger partial charge on any atom is -0.507 e. The highest BCUT2D eigenvalue weighted by Gasteiger charge is 2.46. The summed E-state index contributed by atoms with van der Waals surface area (Å²) in [7, 11) is 1.56. The molecule has 2 aromatic carbocycles. The molecule has 180 valence electrons. The number of aromatic nitrogens is 1. The fraction of sp³-hybridized carbons (Fsp3) is 0.250. The van der Waals surface area contributed by atoms with Gasteiger partial charge in [-0.25, -0.2) is 0 Å². The van der Waals surface area contributed by atoms with E-state index in [4.69, 9.17) is 4.74 Å². The molecule has 0 radical (unpaired) electrons. The molecule has 4 rings (SSSR count). The second kappa shape index (κ2) is 10.4. The zero-order valence-electron chi connectivity index (χ0n) is 20.1. The molecule has 1 fully saturated rings. The van der Waals surface area contributed by atoms with E-state index in [9.17, 15) is 14.7 Å². The van der Waals surface area contributed by atoms with Gasteiger partial charge in [0.05, 0.1) is 18.7 Å². The second-order valence-electron chi connectivity index (χ2n) is 8.28. The van der Waals surface area contributed by atoms with Crippen LogP contribution in [0.3, 0.4) is 0 Å². The zero-order chi connectivity index (χ0) is 24.9. The Morgan fingerprint density at radius 1 is 1.03 bits per heavy atom. The summed E-state index contributed by atoms with van der Waals surface area (Å²) in [6.07, 6.45) is 3.33. The van der Waals surface area contributed by atoms with E-state index in [-0.39, 0.29) is 17.9 Å². The quantitative estimate of drug-likeness (QED) is 0.295. The SMILES string of the molecule is CCN(CC)c1ccc(C2/C(=C(/O)c3ccc(OC)cc3)C(=O)C(=O)N2Cc2cccnc2)cc1. The molecule has 1 atom stereocenters. The molecule has 1 aliphatic rings. The van der Waals surface area contributed by atoms with Crippen LogP contribution in [0, 0.1) is 0 Å². The Labute approximate surface area is 205 Å². The number of aliphatic hydroxyl groups is 1. The molecule has 1 aromatic heterocycles. The Balaban J connectivity index is 1.82. The van der Waals surface area contributed by atoms with E-state index in [0.717, 1.165) is 29.9 Å². The van der Waals surface area contributed by atoms with Gasteiger partial charge in [-0.2, -0.15) is 0 Å². The van der Waals surface area contributed by atoms with Gasteiger partial charge in [-0.15, -0.1) is 0 Å². The molecule has 0 spiro atoms. The first-order chi connectivity index (χ1) is 17.0. The van der Waals surface area contributed by atoms with E-state index in [2.05, 4.69) is 23.7 Å². The third kappa shape index (κ3) is 4.75. The van der Waals surface area contributed by atoms with Crippen molar-refractivity contribution in [2.45, 2.75) is 26.4 Å². The number of rotatable bonds is 8. The summed E-state index contributed by atoms with van der Waals surface area (Å²) in [4.78, 5) is 34.3. The number of carbonyl (C=O) groups excluding carboxylic acids is 2. The maximum Gasteiger partial charge on any atom is 0.295 e. The lowest BCUT2D eigenvalue weighted by atomic mass is 9.95. The van der Waals surface area contributed by atoms with Gasteiger partial charge in [-0.1, -0.05) is 18.2 Å². The maximum absolute atomic E-state index is 13.2. The van der Waals surface area contributed by atoms with Crippen LogP contribution in [0.4, 0.5) is 5.69 Å². The molecule has 1 unspecified atom stereocenters. The molecular formula is C28H29N3O4. The van der Waals surface area contributed by atoms with Crippen molar-refractivity contribution in [2.24, 2.45) is 0 Å². The van der Waals surface area contributed by atoms with Crippen molar-refractivity contribution < 1.29 is 19.4 Å². The first kappa shape index (κ1) is 24.0. The predicted molar refractivity (Wildman–Crippen MR) is 135 cm³/mol. The summed E-state index contributed by atoms with van der Waals surface area (Å²) in [6.45, 7) is 6.12. The lowest BCUT2D eigenvalue weighted by Crippen LogP contribution is -2.29. The maximum atomic E-state index is 13.2. The van der Waals surface area contributed by atoms with Gasteiger partial charge in [-0.3, -0.25) is 14.6 Å². The monoisotopic (exact) mass is 471 g/mol. The van der Waals surface area contributed by atoms with E-state index >= 15 is 0 Å². The average molecular weight is 472 g/mol. The van der Waals surface area contributed by atoms with E-state index in [0.29, 0.717) is 11.3 Å². The number of methoxy groups -OCH3 is 1. The number of nitrogens with zero attached hydrogens (tertiary/aromatic N) is 3. The number of carbonyl (C=O) groups is 2. The van der Waals surface area contributed by atoms with Gasteiger partial charge in [0.25, 0.3) is 11.7 Å². The van der Waals surface area contributed by atoms with Crippen LogP contribution in [0.5, 0.6) is 5.75 Å². The summed E-state index contributed by atoms with van der Waals surface area (Å²) < 4.78 is 5.20. The Morgan fingerprint density at radius 3 is 2.29 bits per heavy atom. The molecule has 7 heteroatoms. The molecule has 1 N–H and O–H groups in total. The van der Waals surface area contributed by atoms with Crippen LogP contribution >= 0.6 is 0 Å². The second-order valence-corrected chi connectivity index (χ2v) is 8.28. The van der Waals surface area contributed by atoms with Crippen molar-refractivity contribution in [3.05, 3.63) is 95.3 Å². The van der Waals surface area contributed by atoms with Crippen LogP contribution in [-0.2, 0) is 16.1 Å². The summed E-state index contributed by atoms with van der Waals surface area (Å²) >= 11 is 0. The molecule has 2 heterocycles. The summed E-state index contributed by atoms with van der Waals surface area (Å²) in [5.74, 6) is -0.943. The summed E-state index contributed by atoms with van der Waals surface area (Å²) in [6, 6.07) is 17.5. The Bertz CT molecular complexity index is 1220. The van der Waals surface area contributed by atoms with Crippen molar-refractivity contribution in [2.75, 3.05) is 25.1 Å². The van der Waals surface area contributed by atoms with Crippen molar-refractivity contribution in [1.82, 2.24) is 9.88 Å². The fourth-order valence-corrected chi connectivity index (χ4v) is 4.44. The highest BCUT2D eigenvalue weighted by Crippen LogP contribution is 2.40. The van der Waals surface area contributed by atoms with E-state index < -0.39 is 17.7 Å². The van der Waals surface area contributed by atoms with Crippen molar-refractivity contribution >= 4 is 23.1 Å². The highest BCUT2D eigenvalue weighted by molar-refractivity contribution is 6.46. The largest absolute Gasteiger partial charge is 0.507 e. The van der Waals surface area contributed by atoms with Crippen LogP contribution in [-0.4, -0.2) is 46.9 Å². The first-order valence-corrected chi connectivity index (χ1v) is 11.6. The van der Waals surface area contributed by atoms with Crippen molar-refractivity contribution in [3.63, 3.8) is 0 Å². The number of hydrogen-bond acceptors (Lipinski definition) is 6. The third-order valence-electron chi connectivity index (χ3n) is 6.32. The lowest BCUT2D eigenvalue weighted by Gasteiger charge is -2.26. The Hall–Kier alpha value is -4.13.